The maximum Gasteiger partial charge on any atom is 0.273 e. The Hall–Kier alpha value is 1.59. The monoisotopic (exact) mass is 253 g/mol. The summed E-state index contributed by atoms with van der Waals surface area (Å²) >= 11 is 22.9. The summed E-state index contributed by atoms with van der Waals surface area (Å²) in [5, 5.41) is 0. The second-order valence-electron chi connectivity index (χ2n) is 2.26. The van der Waals surface area contributed by atoms with Gasteiger partial charge in [-0.15, -0.1) is 44.3 Å². The third kappa shape index (κ3) is 9.59. The van der Waals surface area contributed by atoms with Crippen LogP contribution in [0.25, 0.3) is 0 Å². The van der Waals surface area contributed by atoms with E-state index >= 15 is 0 Å². The zero-order valence-electron chi connectivity index (χ0n) is 5.63. The highest BCUT2D eigenvalue weighted by Gasteiger charge is 2.20. The predicted octanol–water partition coefficient (Wildman–Crippen LogP) is 3.89. The molecule has 0 aliphatic carbocycles. The fourth-order valence-corrected chi connectivity index (χ4v) is 3.73. The Morgan fingerprint density at radius 1 is 1.30 bits per heavy atom. The van der Waals surface area contributed by atoms with Gasteiger partial charge in [0.15, 0.2) is 0 Å². The van der Waals surface area contributed by atoms with E-state index < -0.39 is 14.1 Å². The molecule has 0 bridgehead atoms. The number of rotatable bonds is 4. The molecular formula is C4H9Cl4Si2. The van der Waals surface area contributed by atoms with Gasteiger partial charge in [-0.05, 0) is 18.6 Å². The fourth-order valence-electron chi connectivity index (χ4n) is 0.532. The lowest BCUT2D eigenvalue weighted by atomic mass is 10.6. The SMILES string of the molecule is C[Si](Cl)(Cl)CCC[Si](Cl)Cl. The third-order valence-electron chi connectivity index (χ3n) is 0.982. The van der Waals surface area contributed by atoms with Gasteiger partial charge in [-0.3, -0.25) is 0 Å². The van der Waals surface area contributed by atoms with E-state index in [1.807, 2.05) is 6.55 Å². The van der Waals surface area contributed by atoms with Gasteiger partial charge in [0.05, 0.1) is 0 Å². The summed E-state index contributed by atoms with van der Waals surface area (Å²) < 4.78 is 0. The number of halogens is 4. The fraction of sp³-hybridized carbons (Fsp3) is 1.00. The maximum atomic E-state index is 5.85. The molecule has 0 aliphatic rings. The molecule has 0 amide bonds. The van der Waals surface area contributed by atoms with E-state index in [2.05, 4.69) is 0 Å². The van der Waals surface area contributed by atoms with Crippen LogP contribution in [0.1, 0.15) is 6.42 Å². The van der Waals surface area contributed by atoms with Gasteiger partial charge < -0.3 is 0 Å². The Morgan fingerprint density at radius 3 is 2.10 bits per heavy atom. The third-order valence-corrected chi connectivity index (χ3v) is 5.21. The van der Waals surface area contributed by atoms with Crippen molar-refractivity contribution in [3.05, 3.63) is 0 Å². The summed E-state index contributed by atoms with van der Waals surface area (Å²) in [7, 11) is -1.11. The average molecular weight is 255 g/mol. The first-order valence-electron chi connectivity index (χ1n) is 2.96. The maximum absolute atomic E-state index is 5.85. The predicted molar refractivity (Wildman–Crippen MR) is 55.0 cm³/mol. The lowest BCUT2D eigenvalue weighted by Crippen LogP contribution is -2.12. The molecule has 0 unspecified atom stereocenters. The first kappa shape index (κ1) is 11.6. The van der Waals surface area contributed by atoms with Crippen molar-refractivity contribution in [2.24, 2.45) is 0 Å². The molecule has 0 aliphatic heterocycles. The van der Waals surface area contributed by atoms with Gasteiger partial charge >= 0.3 is 0 Å². The summed E-state index contributed by atoms with van der Waals surface area (Å²) in [5.74, 6) is 0. The van der Waals surface area contributed by atoms with Gasteiger partial charge in [0.1, 0.15) is 0 Å². The van der Waals surface area contributed by atoms with Crippen LogP contribution in [0.4, 0.5) is 0 Å². The van der Waals surface area contributed by atoms with E-state index in [1.54, 1.807) is 0 Å². The molecule has 10 heavy (non-hydrogen) atoms. The van der Waals surface area contributed by atoms with Gasteiger partial charge in [-0.2, -0.15) is 0 Å². The highest BCUT2D eigenvalue weighted by molar-refractivity contribution is 7.44. The molecule has 0 aromatic heterocycles. The Balaban J connectivity index is 3.21. The van der Waals surface area contributed by atoms with E-state index in [-0.39, 0.29) is 0 Å². The average Bonchev–Trinajstić information content (AvgIpc) is 1.59. The van der Waals surface area contributed by atoms with Gasteiger partial charge in [-0.1, -0.05) is 6.42 Å². The molecule has 0 N–H and O–H groups in total. The molecule has 0 spiro atoms. The van der Waals surface area contributed by atoms with Crippen LogP contribution in [0.3, 0.4) is 0 Å². The Labute approximate surface area is 83.2 Å². The van der Waals surface area contributed by atoms with Crippen LogP contribution in [-0.2, 0) is 0 Å². The van der Waals surface area contributed by atoms with Crippen molar-refractivity contribution < 1.29 is 0 Å². The van der Waals surface area contributed by atoms with Crippen molar-refractivity contribution >= 4 is 58.4 Å². The van der Waals surface area contributed by atoms with Crippen LogP contribution in [0.15, 0.2) is 0 Å². The summed E-state index contributed by atoms with van der Waals surface area (Å²) in [6, 6.07) is 1.78. The highest BCUT2D eigenvalue weighted by Crippen LogP contribution is 2.23. The molecular weight excluding hydrogens is 246 g/mol. The molecule has 61 valence electrons. The van der Waals surface area contributed by atoms with Crippen LogP contribution in [0, 0.1) is 0 Å². The smallest absolute Gasteiger partial charge is 0.147 e. The minimum absolute atomic E-state index is 0.885. The Kier molecular flexibility index (Phi) is 6.12. The van der Waals surface area contributed by atoms with E-state index in [0.29, 0.717) is 0 Å². The van der Waals surface area contributed by atoms with Crippen LogP contribution in [-0.4, -0.2) is 14.1 Å². The first-order valence-corrected chi connectivity index (χ1v) is 11.4. The Bertz CT molecular complexity index is 89.7. The van der Waals surface area contributed by atoms with E-state index in [9.17, 15) is 0 Å². The first-order chi connectivity index (χ1) is 4.42. The molecule has 0 atom stereocenters. The zero-order valence-corrected chi connectivity index (χ0v) is 10.7. The lowest BCUT2D eigenvalue weighted by molar-refractivity contribution is 1.06. The van der Waals surface area contributed by atoms with Crippen molar-refractivity contribution in [3.8, 4) is 0 Å². The molecule has 0 heterocycles. The molecule has 6 heteroatoms. The van der Waals surface area contributed by atoms with E-state index in [0.717, 1.165) is 18.5 Å². The van der Waals surface area contributed by atoms with Crippen molar-refractivity contribution in [2.45, 2.75) is 25.1 Å². The molecule has 1 radical (unpaired) electrons. The molecule has 0 fully saturated rings. The largest absolute Gasteiger partial charge is 0.273 e. The van der Waals surface area contributed by atoms with Crippen molar-refractivity contribution in [3.63, 3.8) is 0 Å². The molecule has 0 saturated carbocycles. The topological polar surface area (TPSA) is 0 Å². The second-order valence-corrected chi connectivity index (χ2v) is 15.0. The zero-order chi connectivity index (χ0) is 8.20. The molecule has 0 rings (SSSR count). The van der Waals surface area contributed by atoms with Crippen molar-refractivity contribution in [2.75, 3.05) is 0 Å². The summed E-state index contributed by atoms with van der Waals surface area (Å²) in [5.41, 5.74) is 0. The Morgan fingerprint density at radius 2 is 1.80 bits per heavy atom. The number of hydrogen-bond donors (Lipinski definition) is 0. The second kappa shape index (κ2) is 5.28. The summed E-state index contributed by atoms with van der Waals surface area (Å²) in [6.07, 6.45) is 0.969. The van der Waals surface area contributed by atoms with Crippen LogP contribution >= 0.6 is 44.3 Å². The minimum atomic E-state index is -1.88. The van der Waals surface area contributed by atoms with Gasteiger partial charge in [0, 0.05) is 0 Å². The standard InChI is InChI=1S/C4H9Cl4Si2/c1-10(7,8)4-2-3-9(5)6/h2-4H2,1H3. The molecule has 0 nitrogen and oxygen atoms in total. The van der Waals surface area contributed by atoms with Gasteiger partial charge in [0.25, 0.3) is 7.42 Å². The molecule has 0 saturated heterocycles. The van der Waals surface area contributed by atoms with E-state index in [4.69, 9.17) is 44.3 Å². The normalized spacial score (nSPS) is 12.6. The summed E-state index contributed by atoms with van der Waals surface area (Å²) in [6.45, 7) is 0.0271. The van der Waals surface area contributed by atoms with Crippen molar-refractivity contribution in [1.29, 1.82) is 0 Å². The van der Waals surface area contributed by atoms with Gasteiger partial charge in [0.2, 0.25) is 6.69 Å². The van der Waals surface area contributed by atoms with Gasteiger partial charge in [-0.25, -0.2) is 0 Å². The molecule has 0 aromatic carbocycles. The van der Waals surface area contributed by atoms with Crippen LogP contribution < -0.4 is 0 Å². The van der Waals surface area contributed by atoms with Crippen molar-refractivity contribution in [1.82, 2.24) is 0 Å². The van der Waals surface area contributed by atoms with E-state index in [1.165, 1.54) is 0 Å². The quantitative estimate of drug-likeness (QED) is 0.528. The molecule has 0 aromatic rings. The minimum Gasteiger partial charge on any atom is -0.147 e. The van der Waals surface area contributed by atoms with Crippen LogP contribution in [0.5, 0.6) is 0 Å². The highest BCUT2D eigenvalue weighted by atomic mass is 35.7. The van der Waals surface area contributed by atoms with Crippen LogP contribution in [0.2, 0.25) is 18.6 Å². The summed E-state index contributed by atoms with van der Waals surface area (Å²) in [4.78, 5) is 0. The lowest BCUT2D eigenvalue weighted by Gasteiger charge is -2.08. The number of hydrogen-bond acceptors (Lipinski definition) is 0.